The van der Waals surface area contributed by atoms with Gasteiger partial charge in [0.15, 0.2) is 0 Å². The Hall–Kier alpha value is -5.38. The SMILES string of the molecule is C=CC(=O)OCCCCCCCCCCOc1ccc(C(=O)Oc2ccc(OC(=O)c3ccc(OCCCCCCCCCCOC(=O)C=C)cc3)c(C)c2)cc1.[CH3-]. The zero-order valence-electron chi connectivity index (χ0n) is 34.6. The maximum atomic E-state index is 12.9. The van der Waals surface area contributed by atoms with Crippen LogP contribution in [0.15, 0.2) is 92.0 Å². The normalized spacial score (nSPS) is 10.4. The molecular weight excluding hydrogens is 737 g/mol. The van der Waals surface area contributed by atoms with Gasteiger partial charge in [0, 0.05) is 12.2 Å². The van der Waals surface area contributed by atoms with Gasteiger partial charge in [-0.25, -0.2) is 19.2 Å². The third-order valence-corrected chi connectivity index (χ3v) is 9.18. The van der Waals surface area contributed by atoms with Crippen molar-refractivity contribution in [2.45, 2.75) is 110 Å². The fourth-order valence-electron chi connectivity index (χ4n) is 5.87. The largest absolute Gasteiger partial charge is 0.494 e. The number of hydrogen-bond acceptors (Lipinski definition) is 10. The zero-order valence-corrected chi connectivity index (χ0v) is 34.6. The second-order valence-corrected chi connectivity index (χ2v) is 13.9. The van der Waals surface area contributed by atoms with Gasteiger partial charge in [-0.2, -0.15) is 0 Å². The van der Waals surface area contributed by atoms with Crippen LogP contribution in [0.2, 0.25) is 0 Å². The molecule has 0 unspecified atom stereocenters. The smallest absolute Gasteiger partial charge is 0.343 e. The average molecular weight is 800 g/mol. The fourth-order valence-corrected chi connectivity index (χ4v) is 5.87. The van der Waals surface area contributed by atoms with E-state index in [1.54, 1.807) is 73.7 Å². The number of carbonyl (C=O) groups is 4. The lowest BCUT2D eigenvalue weighted by Gasteiger charge is -2.11. The molecule has 10 nitrogen and oxygen atoms in total. The minimum atomic E-state index is -0.500. The molecule has 0 heterocycles. The van der Waals surface area contributed by atoms with E-state index >= 15 is 0 Å². The quantitative estimate of drug-likeness (QED) is 0.0212. The standard InChI is InChI=1S/C47H60O10.CH3/c1-4-44(48)54-34-20-16-12-8-6-10-14-18-32-52-40-26-22-38(23-27-40)46(50)56-42-30-31-43(37(3)36-42)57-47(51)39-24-28-41(29-25-39)53-33-19-15-11-7-9-13-17-21-35-55-45(49)5-2;/h4-5,22-31,36H,1-2,6-21,32-35H2,3H3;1H3/q;-1. The molecule has 0 aliphatic rings. The molecule has 0 fully saturated rings. The monoisotopic (exact) mass is 799 g/mol. The first kappa shape index (κ1) is 48.8. The Bertz CT molecular complexity index is 1660. The minimum Gasteiger partial charge on any atom is -0.494 e. The Morgan fingerprint density at radius 1 is 0.466 bits per heavy atom. The first-order chi connectivity index (χ1) is 27.8. The summed E-state index contributed by atoms with van der Waals surface area (Å²) in [7, 11) is 0. The van der Waals surface area contributed by atoms with E-state index in [0.29, 0.717) is 66.1 Å². The summed E-state index contributed by atoms with van der Waals surface area (Å²) in [6.45, 7) is 10.7. The van der Waals surface area contributed by atoms with Gasteiger partial charge in [-0.05, 0) is 105 Å². The van der Waals surface area contributed by atoms with Crippen LogP contribution in [-0.4, -0.2) is 50.3 Å². The van der Waals surface area contributed by atoms with Crippen molar-refractivity contribution in [3.8, 4) is 23.0 Å². The van der Waals surface area contributed by atoms with Crippen LogP contribution >= 0.6 is 0 Å². The van der Waals surface area contributed by atoms with Crippen LogP contribution in [0.3, 0.4) is 0 Å². The highest BCUT2D eigenvalue weighted by molar-refractivity contribution is 5.92. The molecule has 0 spiro atoms. The van der Waals surface area contributed by atoms with Gasteiger partial charge in [0.1, 0.15) is 23.0 Å². The number of unbranched alkanes of at least 4 members (excludes halogenated alkanes) is 14. The van der Waals surface area contributed by atoms with E-state index in [2.05, 4.69) is 13.2 Å². The van der Waals surface area contributed by atoms with Crippen LogP contribution in [0.1, 0.15) is 129 Å². The molecule has 316 valence electrons. The van der Waals surface area contributed by atoms with Gasteiger partial charge in [0.05, 0.1) is 37.6 Å². The number of esters is 4. The van der Waals surface area contributed by atoms with Gasteiger partial charge < -0.3 is 35.8 Å². The minimum absolute atomic E-state index is 0. The Morgan fingerprint density at radius 3 is 1.19 bits per heavy atom. The lowest BCUT2D eigenvalue weighted by Crippen LogP contribution is -2.10. The summed E-state index contributed by atoms with van der Waals surface area (Å²) in [5, 5.41) is 0. The number of aryl methyl sites for hydroxylation is 1. The van der Waals surface area contributed by atoms with Crippen molar-refractivity contribution in [3.05, 3.63) is 116 Å². The maximum absolute atomic E-state index is 12.9. The van der Waals surface area contributed by atoms with E-state index in [-0.39, 0.29) is 19.4 Å². The van der Waals surface area contributed by atoms with Gasteiger partial charge in [0.25, 0.3) is 0 Å². The van der Waals surface area contributed by atoms with Gasteiger partial charge in [0.2, 0.25) is 0 Å². The molecule has 0 radical (unpaired) electrons. The number of rotatable bonds is 30. The number of benzene rings is 3. The first-order valence-electron chi connectivity index (χ1n) is 20.4. The molecule has 0 saturated heterocycles. The van der Waals surface area contributed by atoms with Crippen molar-refractivity contribution in [2.24, 2.45) is 0 Å². The van der Waals surface area contributed by atoms with Crippen LogP contribution in [-0.2, 0) is 19.1 Å². The maximum Gasteiger partial charge on any atom is 0.343 e. The third-order valence-electron chi connectivity index (χ3n) is 9.18. The van der Waals surface area contributed by atoms with Crippen LogP contribution in [0.5, 0.6) is 23.0 Å². The summed E-state index contributed by atoms with van der Waals surface area (Å²) in [5.74, 6) is 0.385. The van der Waals surface area contributed by atoms with Crippen molar-refractivity contribution in [1.82, 2.24) is 0 Å². The molecule has 0 amide bonds. The van der Waals surface area contributed by atoms with Crippen LogP contribution in [0.25, 0.3) is 0 Å². The summed E-state index contributed by atoms with van der Waals surface area (Å²) in [6.07, 6.45) is 19.6. The number of ether oxygens (including phenoxy) is 6. The van der Waals surface area contributed by atoms with Crippen molar-refractivity contribution in [1.29, 1.82) is 0 Å². The third kappa shape index (κ3) is 20.7. The Morgan fingerprint density at radius 2 is 0.810 bits per heavy atom. The van der Waals surface area contributed by atoms with Crippen molar-refractivity contribution < 1.29 is 47.6 Å². The van der Waals surface area contributed by atoms with Gasteiger partial charge in [-0.15, -0.1) is 0 Å². The summed E-state index contributed by atoms with van der Waals surface area (Å²) in [4.78, 5) is 47.7. The zero-order chi connectivity index (χ0) is 40.9. The van der Waals surface area contributed by atoms with Gasteiger partial charge >= 0.3 is 23.9 Å². The number of carbonyl (C=O) groups excluding carboxylic acids is 4. The Balaban J connectivity index is 0.0000116. The first-order valence-corrected chi connectivity index (χ1v) is 20.4. The second kappa shape index (κ2) is 29.8. The summed E-state index contributed by atoms with van der Waals surface area (Å²) in [6, 6.07) is 18.6. The van der Waals surface area contributed by atoms with Gasteiger partial charge in [-0.1, -0.05) is 90.2 Å². The lowest BCUT2D eigenvalue weighted by molar-refractivity contribution is -0.138. The highest BCUT2D eigenvalue weighted by atomic mass is 16.5. The predicted molar refractivity (Wildman–Crippen MR) is 228 cm³/mol. The molecule has 0 bridgehead atoms. The van der Waals surface area contributed by atoms with Crippen molar-refractivity contribution in [2.75, 3.05) is 26.4 Å². The van der Waals surface area contributed by atoms with Crippen LogP contribution < -0.4 is 18.9 Å². The van der Waals surface area contributed by atoms with E-state index in [9.17, 15) is 19.2 Å². The number of hydrogen-bond donors (Lipinski definition) is 0. The van der Waals surface area contributed by atoms with E-state index in [4.69, 9.17) is 28.4 Å². The van der Waals surface area contributed by atoms with Crippen molar-refractivity contribution >= 4 is 23.9 Å². The molecule has 10 heteroatoms. The highest BCUT2D eigenvalue weighted by Crippen LogP contribution is 2.26. The molecule has 3 aromatic carbocycles. The molecule has 0 aliphatic heterocycles. The van der Waals surface area contributed by atoms with E-state index in [1.807, 2.05) is 0 Å². The molecule has 58 heavy (non-hydrogen) atoms. The topological polar surface area (TPSA) is 124 Å². The van der Waals surface area contributed by atoms with E-state index in [1.165, 1.54) is 37.8 Å². The molecular formula is C48H63O10-. The summed E-state index contributed by atoms with van der Waals surface area (Å²) < 4.78 is 32.9. The van der Waals surface area contributed by atoms with E-state index < -0.39 is 11.9 Å². The molecule has 0 aliphatic carbocycles. The van der Waals surface area contributed by atoms with Crippen molar-refractivity contribution in [3.63, 3.8) is 0 Å². The summed E-state index contributed by atoms with van der Waals surface area (Å²) in [5.41, 5.74) is 1.44. The van der Waals surface area contributed by atoms with Crippen LogP contribution in [0, 0.1) is 14.4 Å². The Labute approximate surface area is 345 Å². The molecule has 3 aromatic rings. The molecule has 0 N–H and O–H groups in total. The molecule has 0 aromatic heterocycles. The fraction of sp³-hybridized carbons (Fsp3) is 0.438. The van der Waals surface area contributed by atoms with E-state index in [0.717, 1.165) is 77.0 Å². The van der Waals surface area contributed by atoms with Gasteiger partial charge in [-0.3, -0.25) is 0 Å². The average Bonchev–Trinajstić information content (AvgIpc) is 3.22. The second-order valence-electron chi connectivity index (χ2n) is 13.9. The lowest BCUT2D eigenvalue weighted by atomic mass is 10.1. The molecule has 0 atom stereocenters. The predicted octanol–water partition coefficient (Wildman–Crippen LogP) is 11.3. The summed E-state index contributed by atoms with van der Waals surface area (Å²) >= 11 is 0. The highest BCUT2D eigenvalue weighted by Gasteiger charge is 2.14. The van der Waals surface area contributed by atoms with Crippen LogP contribution in [0.4, 0.5) is 0 Å². The molecule has 0 saturated carbocycles. The Kier molecular flexibility index (Phi) is 25.1. The molecule has 3 rings (SSSR count).